The summed E-state index contributed by atoms with van der Waals surface area (Å²) in [6.45, 7) is 0. The second-order valence-electron chi connectivity index (χ2n) is 5.55. The van der Waals surface area contributed by atoms with Crippen molar-refractivity contribution in [1.82, 2.24) is 0 Å². The molecule has 1 amide bonds. The summed E-state index contributed by atoms with van der Waals surface area (Å²) in [7, 11) is 3.04. The Hall–Kier alpha value is -2.67. The smallest absolute Gasteiger partial charge is 0.224 e. The van der Waals surface area contributed by atoms with Crippen molar-refractivity contribution in [3.63, 3.8) is 0 Å². The van der Waals surface area contributed by atoms with E-state index < -0.39 is 0 Å². The van der Waals surface area contributed by atoms with Crippen LogP contribution in [0.5, 0.6) is 11.5 Å². The number of thiophene rings is 1. The molecule has 2 rings (SSSR count). The molecule has 1 N–H and O–H groups in total. The molecule has 0 aliphatic heterocycles. The third-order valence-electron chi connectivity index (χ3n) is 3.74. The second-order valence-corrected chi connectivity index (χ2v) is 6.50. The molecule has 1 aromatic heterocycles. The number of benzene rings is 1. The lowest BCUT2D eigenvalue weighted by molar-refractivity contribution is -0.122. The third kappa shape index (κ3) is 5.70. The Balaban J connectivity index is 1.77. The van der Waals surface area contributed by atoms with Crippen LogP contribution < -0.4 is 14.8 Å². The zero-order valence-corrected chi connectivity index (χ0v) is 15.6. The molecule has 0 spiro atoms. The fourth-order valence-corrected chi connectivity index (χ4v) is 3.00. The van der Waals surface area contributed by atoms with Crippen LogP contribution in [0.25, 0.3) is 0 Å². The zero-order chi connectivity index (χ0) is 18.9. The molecule has 1 aromatic carbocycles. The lowest BCUT2D eigenvalue weighted by Gasteiger charge is -2.11. The van der Waals surface area contributed by atoms with Gasteiger partial charge in [0.05, 0.1) is 24.8 Å². The van der Waals surface area contributed by atoms with Crippen LogP contribution in [0.3, 0.4) is 0 Å². The molecule has 0 radical (unpaired) electrons. The Morgan fingerprint density at radius 1 is 1.00 bits per heavy atom. The van der Waals surface area contributed by atoms with Gasteiger partial charge < -0.3 is 14.8 Å². The van der Waals surface area contributed by atoms with E-state index in [9.17, 15) is 14.4 Å². The second kappa shape index (κ2) is 9.72. The average Bonchev–Trinajstić information content (AvgIpc) is 3.19. The first kappa shape index (κ1) is 19.7. The SMILES string of the molecule is COc1ccc(NC(=O)CCC(=O)CCC(=O)c2cccs2)c(OC)c1. The number of amides is 1. The van der Waals surface area contributed by atoms with E-state index in [1.54, 1.807) is 37.4 Å². The largest absolute Gasteiger partial charge is 0.497 e. The van der Waals surface area contributed by atoms with Crippen molar-refractivity contribution in [3.8, 4) is 11.5 Å². The molecule has 0 saturated heterocycles. The van der Waals surface area contributed by atoms with Crippen LogP contribution in [-0.2, 0) is 9.59 Å². The highest BCUT2D eigenvalue weighted by Gasteiger charge is 2.13. The van der Waals surface area contributed by atoms with E-state index in [4.69, 9.17) is 9.47 Å². The van der Waals surface area contributed by atoms with Gasteiger partial charge in [-0.25, -0.2) is 0 Å². The van der Waals surface area contributed by atoms with E-state index in [-0.39, 0.29) is 43.2 Å². The molecule has 6 nitrogen and oxygen atoms in total. The summed E-state index contributed by atoms with van der Waals surface area (Å²) < 4.78 is 10.3. The number of rotatable bonds is 10. The highest BCUT2D eigenvalue weighted by Crippen LogP contribution is 2.29. The summed E-state index contributed by atoms with van der Waals surface area (Å²) >= 11 is 1.36. The molecule has 0 fully saturated rings. The van der Waals surface area contributed by atoms with Crippen LogP contribution in [-0.4, -0.2) is 31.7 Å². The number of Topliss-reactive ketones (excluding diaryl/α,β-unsaturated/α-hetero) is 2. The van der Waals surface area contributed by atoms with E-state index >= 15 is 0 Å². The number of ketones is 2. The maximum absolute atomic E-state index is 12.0. The lowest BCUT2D eigenvalue weighted by atomic mass is 10.1. The van der Waals surface area contributed by atoms with Gasteiger partial charge in [-0.3, -0.25) is 14.4 Å². The van der Waals surface area contributed by atoms with Crippen molar-refractivity contribution in [3.05, 3.63) is 40.6 Å². The number of nitrogens with one attached hydrogen (secondary N) is 1. The van der Waals surface area contributed by atoms with Crippen LogP contribution in [0.15, 0.2) is 35.7 Å². The van der Waals surface area contributed by atoms with Gasteiger partial charge in [-0.05, 0) is 23.6 Å². The highest BCUT2D eigenvalue weighted by atomic mass is 32.1. The summed E-state index contributed by atoms with van der Waals surface area (Å²) in [6.07, 6.45) is 0.479. The Morgan fingerprint density at radius 2 is 1.77 bits per heavy atom. The van der Waals surface area contributed by atoms with Gasteiger partial charge in [-0.1, -0.05) is 6.07 Å². The minimum Gasteiger partial charge on any atom is -0.497 e. The van der Waals surface area contributed by atoms with Gasteiger partial charge in [-0.2, -0.15) is 0 Å². The first-order valence-electron chi connectivity index (χ1n) is 8.13. The molecule has 0 bridgehead atoms. The van der Waals surface area contributed by atoms with Crippen molar-refractivity contribution in [2.45, 2.75) is 25.7 Å². The number of carbonyl (C=O) groups is 3. The predicted molar refractivity (Wildman–Crippen MR) is 100 cm³/mol. The van der Waals surface area contributed by atoms with Crippen LogP contribution in [0.1, 0.15) is 35.4 Å². The van der Waals surface area contributed by atoms with Gasteiger partial charge in [0.25, 0.3) is 0 Å². The van der Waals surface area contributed by atoms with Crippen LogP contribution >= 0.6 is 11.3 Å². The van der Waals surface area contributed by atoms with E-state index in [1.165, 1.54) is 18.4 Å². The van der Waals surface area contributed by atoms with Crippen molar-refractivity contribution in [1.29, 1.82) is 0 Å². The molecule has 0 unspecified atom stereocenters. The molecule has 138 valence electrons. The quantitative estimate of drug-likeness (QED) is 0.640. The fraction of sp³-hybridized carbons (Fsp3) is 0.316. The minimum absolute atomic E-state index is 0.0410. The van der Waals surface area contributed by atoms with Crippen molar-refractivity contribution >= 4 is 34.5 Å². The lowest BCUT2D eigenvalue weighted by Crippen LogP contribution is -2.14. The summed E-state index contributed by atoms with van der Waals surface area (Å²) in [5, 5.41) is 4.54. The number of hydrogen-bond donors (Lipinski definition) is 1. The number of methoxy groups -OCH3 is 2. The van der Waals surface area contributed by atoms with Crippen LogP contribution in [0.4, 0.5) is 5.69 Å². The van der Waals surface area contributed by atoms with Gasteiger partial charge >= 0.3 is 0 Å². The monoisotopic (exact) mass is 375 g/mol. The summed E-state index contributed by atoms with van der Waals surface area (Å²) in [5.41, 5.74) is 0.513. The molecule has 2 aromatic rings. The van der Waals surface area contributed by atoms with Gasteiger partial charge in [0.15, 0.2) is 5.78 Å². The summed E-state index contributed by atoms with van der Waals surface area (Å²) in [6, 6.07) is 8.60. The third-order valence-corrected chi connectivity index (χ3v) is 4.65. The van der Waals surface area contributed by atoms with E-state index in [0.29, 0.717) is 22.1 Å². The molecule has 1 heterocycles. The standard InChI is InChI=1S/C19H21NO5S/c1-24-14-7-8-15(17(12-14)25-2)20-19(23)10-6-13(21)5-9-16(22)18-4-3-11-26-18/h3-4,7-8,11-12H,5-6,9-10H2,1-2H3,(H,20,23). The van der Waals surface area contributed by atoms with Crippen molar-refractivity contribution in [2.24, 2.45) is 0 Å². The maximum atomic E-state index is 12.0. The van der Waals surface area contributed by atoms with Crippen LogP contribution in [0.2, 0.25) is 0 Å². The molecular formula is C19H21NO5S. The summed E-state index contributed by atoms with van der Waals surface area (Å²) in [4.78, 5) is 36.5. The van der Waals surface area contributed by atoms with E-state index in [2.05, 4.69) is 5.32 Å². The average molecular weight is 375 g/mol. The molecular weight excluding hydrogens is 354 g/mol. The molecule has 0 saturated carbocycles. The van der Waals surface area contributed by atoms with Gasteiger partial charge in [0.1, 0.15) is 17.3 Å². The van der Waals surface area contributed by atoms with Gasteiger partial charge in [0.2, 0.25) is 5.91 Å². The van der Waals surface area contributed by atoms with Crippen molar-refractivity contribution < 1.29 is 23.9 Å². The minimum atomic E-state index is -0.286. The Bertz CT molecular complexity index is 770. The highest BCUT2D eigenvalue weighted by molar-refractivity contribution is 7.12. The van der Waals surface area contributed by atoms with Crippen LogP contribution in [0, 0.1) is 0 Å². The summed E-state index contributed by atoms with van der Waals surface area (Å²) in [5.74, 6) is 0.662. The number of hydrogen-bond acceptors (Lipinski definition) is 6. The molecule has 26 heavy (non-hydrogen) atoms. The van der Waals surface area contributed by atoms with Gasteiger partial charge in [0, 0.05) is 31.7 Å². The van der Waals surface area contributed by atoms with E-state index in [1.807, 2.05) is 5.38 Å². The van der Waals surface area contributed by atoms with E-state index in [0.717, 1.165) is 0 Å². The Kier molecular flexibility index (Phi) is 7.35. The number of ether oxygens (including phenoxy) is 2. The number of carbonyl (C=O) groups excluding carboxylic acids is 3. The molecule has 0 atom stereocenters. The Labute approximate surface area is 156 Å². The first-order chi connectivity index (χ1) is 12.5. The normalized spacial score (nSPS) is 10.2. The van der Waals surface area contributed by atoms with Crippen molar-refractivity contribution in [2.75, 3.05) is 19.5 Å². The zero-order valence-electron chi connectivity index (χ0n) is 14.7. The maximum Gasteiger partial charge on any atom is 0.224 e. The topological polar surface area (TPSA) is 81.7 Å². The number of anilines is 1. The first-order valence-corrected chi connectivity index (χ1v) is 9.01. The Morgan fingerprint density at radius 3 is 2.42 bits per heavy atom. The molecule has 7 heteroatoms. The fourth-order valence-electron chi connectivity index (χ4n) is 2.31. The van der Waals surface area contributed by atoms with Gasteiger partial charge in [-0.15, -0.1) is 11.3 Å². The molecule has 0 aliphatic carbocycles. The predicted octanol–water partition coefficient (Wildman–Crippen LogP) is 3.72. The molecule has 0 aliphatic rings.